The van der Waals surface area contributed by atoms with Crippen LogP contribution < -0.4 is 0 Å². The summed E-state index contributed by atoms with van der Waals surface area (Å²) in [5.74, 6) is 0.420. The van der Waals surface area contributed by atoms with E-state index < -0.39 is 0 Å². The molecule has 0 fully saturated rings. The molecular weight excluding hydrogens is 492 g/mol. The van der Waals surface area contributed by atoms with E-state index in [9.17, 15) is 0 Å². The summed E-state index contributed by atoms with van der Waals surface area (Å²) in [6.07, 6.45) is 3.44. The number of aryl methyl sites for hydroxylation is 3. The molecule has 0 N–H and O–H groups in total. The lowest BCUT2D eigenvalue weighted by molar-refractivity contribution is 0.794. The molecule has 6 aromatic rings. The first-order valence-corrected chi connectivity index (χ1v) is 14.7. The van der Waals surface area contributed by atoms with Gasteiger partial charge in [0.1, 0.15) is 0 Å². The van der Waals surface area contributed by atoms with Gasteiger partial charge in [0.25, 0.3) is 0 Å². The number of benzene rings is 6. The van der Waals surface area contributed by atoms with E-state index in [-0.39, 0.29) is 0 Å². The third-order valence-corrected chi connectivity index (χ3v) is 8.75. The first-order valence-electron chi connectivity index (χ1n) is 14.7. The second-order valence-electron chi connectivity index (χ2n) is 11.3. The van der Waals surface area contributed by atoms with Crippen LogP contribution in [0.1, 0.15) is 39.3 Å². The topological polar surface area (TPSA) is 0 Å². The van der Waals surface area contributed by atoms with Gasteiger partial charge in [-0.2, -0.15) is 0 Å². The van der Waals surface area contributed by atoms with Crippen LogP contribution in [-0.2, 0) is 19.3 Å². The molecule has 0 heterocycles. The molecule has 2 aliphatic rings. The number of hydrogen-bond acceptors (Lipinski definition) is 0. The molecule has 41 heavy (non-hydrogen) atoms. The lowest BCUT2D eigenvalue weighted by atomic mass is 9.75. The van der Waals surface area contributed by atoms with E-state index in [4.69, 9.17) is 0 Å². The lowest BCUT2D eigenvalue weighted by Gasteiger charge is -2.28. The summed E-state index contributed by atoms with van der Waals surface area (Å²) in [6, 6.07) is 53.1. The van der Waals surface area contributed by atoms with Gasteiger partial charge in [-0.25, -0.2) is 0 Å². The van der Waals surface area contributed by atoms with E-state index in [2.05, 4.69) is 153 Å². The van der Waals surface area contributed by atoms with Gasteiger partial charge in [-0.1, -0.05) is 151 Å². The molecule has 0 aliphatic heterocycles. The predicted molar refractivity (Wildman–Crippen MR) is 173 cm³/mol. The maximum atomic E-state index is 2.31. The molecule has 1 unspecified atom stereocenters. The fourth-order valence-electron chi connectivity index (χ4n) is 6.56. The summed E-state index contributed by atoms with van der Waals surface area (Å²) in [5, 5.41) is 0. The average molecular weight is 527 g/mol. The summed E-state index contributed by atoms with van der Waals surface area (Å²) in [5.41, 5.74) is 16.8. The van der Waals surface area contributed by atoms with Gasteiger partial charge in [0, 0.05) is 5.92 Å². The molecule has 0 saturated carbocycles. The van der Waals surface area contributed by atoms with Crippen molar-refractivity contribution < 1.29 is 0 Å². The zero-order chi connectivity index (χ0) is 27.6. The number of fused-ring (bicyclic) bond motifs is 6. The summed E-state index contributed by atoms with van der Waals surface area (Å²) in [6.45, 7) is 2.13. The summed E-state index contributed by atoms with van der Waals surface area (Å²) in [7, 11) is 0. The molecule has 0 aromatic heterocycles. The minimum absolute atomic E-state index is 0.420. The second-order valence-corrected chi connectivity index (χ2v) is 11.3. The SMILES string of the molecule is Cc1ccc(-c2ccc(C3Cc4ccccc4-c4ccccc43)cc2)cc1.c1ccc2c(c1)CCc1ccccc1-2. The van der Waals surface area contributed by atoms with Crippen molar-refractivity contribution in [1.29, 1.82) is 0 Å². The highest BCUT2D eigenvalue weighted by atomic mass is 14.3. The van der Waals surface area contributed by atoms with Gasteiger partial charge in [0.2, 0.25) is 0 Å². The molecule has 0 heteroatoms. The Hall–Kier alpha value is -4.68. The fraction of sp³-hybridized carbons (Fsp3) is 0.122. The molecular formula is C41H34. The van der Waals surface area contributed by atoms with Crippen LogP contribution >= 0.6 is 0 Å². The van der Waals surface area contributed by atoms with E-state index in [1.54, 1.807) is 0 Å². The lowest BCUT2D eigenvalue weighted by Crippen LogP contribution is -2.12. The number of hydrogen-bond donors (Lipinski definition) is 0. The van der Waals surface area contributed by atoms with Crippen molar-refractivity contribution in [3.8, 4) is 33.4 Å². The van der Waals surface area contributed by atoms with Crippen molar-refractivity contribution in [2.24, 2.45) is 0 Å². The molecule has 6 aromatic carbocycles. The van der Waals surface area contributed by atoms with E-state index in [0.717, 1.165) is 6.42 Å². The fourth-order valence-corrected chi connectivity index (χ4v) is 6.56. The smallest absolute Gasteiger partial charge is 0.0136 e. The third kappa shape index (κ3) is 5.03. The monoisotopic (exact) mass is 526 g/mol. The summed E-state index contributed by atoms with van der Waals surface area (Å²) >= 11 is 0. The molecule has 0 radical (unpaired) electrons. The Labute approximate surface area is 244 Å². The van der Waals surface area contributed by atoms with Gasteiger partial charge in [-0.05, 0) is 87.4 Å². The van der Waals surface area contributed by atoms with Crippen LogP contribution in [0.4, 0.5) is 0 Å². The van der Waals surface area contributed by atoms with Gasteiger partial charge < -0.3 is 0 Å². The van der Waals surface area contributed by atoms with Gasteiger partial charge in [0.15, 0.2) is 0 Å². The Kier molecular flexibility index (Phi) is 6.83. The third-order valence-electron chi connectivity index (χ3n) is 8.75. The second kappa shape index (κ2) is 11.1. The Morgan fingerprint density at radius 1 is 0.415 bits per heavy atom. The van der Waals surface area contributed by atoms with Gasteiger partial charge in [-0.3, -0.25) is 0 Å². The Morgan fingerprint density at radius 2 is 0.854 bits per heavy atom. The van der Waals surface area contributed by atoms with Crippen LogP contribution in [0.15, 0.2) is 146 Å². The quantitative estimate of drug-likeness (QED) is 0.210. The van der Waals surface area contributed by atoms with Crippen molar-refractivity contribution in [3.63, 3.8) is 0 Å². The average Bonchev–Trinajstić information content (AvgIpc) is 3.05. The minimum atomic E-state index is 0.420. The summed E-state index contributed by atoms with van der Waals surface area (Å²) in [4.78, 5) is 0. The highest BCUT2D eigenvalue weighted by Gasteiger charge is 2.25. The maximum Gasteiger partial charge on any atom is 0.0136 e. The van der Waals surface area contributed by atoms with Crippen molar-refractivity contribution in [3.05, 3.63) is 179 Å². The molecule has 198 valence electrons. The maximum absolute atomic E-state index is 2.31. The highest BCUT2D eigenvalue weighted by molar-refractivity contribution is 5.75. The molecule has 1 atom stereocenters. The van der Waals surface area contributed by atoms with Crippen molar-refractivity contribution in [2.75, 3.05) is 0 Å². The normalized spacial score (nSPS) is 14.4. The minimum Gasteiger partial charge on any atom is -0.0620 e. The highest BCUT2D eigenvalue weighted by Crippen LogP contribution is 2.42. The molecule has 0 nitrogen and oxygen atoms in total. The molecule has 2 aliphatic carbocycles. The largest absolute Gasteiger partial charge is 0.0620 e. The zero-order valence-corrected chi connectivity index (χ0v) is 23.6. The van der Waals surface area contributed by atoms with E-state index >= 15 is 0 Å². The number of rotatable bonds is 2. The molecule has 0 bridgehead atoms. The van der Waals surface area contributed by atoms with Gasteiger partial charge in [-0.15, -0.1) is 0 Å². The predicted octanol–water partition coefficient (Wildman–Crippen LogP) is 10.5. The Morgan fingerprint density at radius 3 is 1.44 bits per heavy atom. The molecule has 0 spiro atoms. The van der Waals surface area contributed by atoms with Crippen LogP contribution in [0.5, 0.6) is 0 Å². The van der Waals surface area contributed by atoms with Gasteiger partial charge >= 0.3 is 0 Å². The van der Waals surface area contributed by atoms with E-state index in [1.165, 1.54) is 79.6 Å². The first-order chi connectivity index (χ1) is 20.2. The van der Waals surface area contributed by atoms with Crippen LogP contribution in [-0.4, -0.2) is 0 Å². The Bertz CT molecular complexity index is 1760. The van der Waals surface area contributed by atoms with Gasteiger partial charge in [0.05, 0.1) is 0 Å². The van der Waals surface area contributed by atoms with Crippen LogP contribution in [0.25, 0.3) is 33.4 Å². The standard InChI is InChI=1S/C27H22.C14H12/c1-19-10-12-20(13-11-19)21-14-16-22(17-15-21)27-18-23-6-2-3-7-24(23)25-8-4-5-9-26(25)27;1-3-7-13-11(5-1)9-10-12-6-2-4-8-14(12)13/h2-17,27H,18H2,1H3;1-8H,9-10H2. The van der Waals surface area contributed by atoms with Crippen molar-refractivity contribution in [1.82, 2.24) is 0 Å². The molecule has 0 saturated heterocycles. The van der Waals surface area contributed by atoms with Crippen LogP contribution in [0, 0.1) is 6.92 Å². The zero-order valence-electron chi connectivity index (χ0n) is 23.6. The molecule has 8 rings (SSSR count). The first kappa shape index (κ1) is 25.3. The van der Waals surface area contributed by atoms with E-state index in [1.807, 2.05) is 0 Å². The summed E-state index contributed by atoms with van der Waals surface area (Å²) < 4.78 is 0. The molecule has 0 amide bonds. The Balaban J connectivity index is 0.000000165. The van der Waals surface area contributed by atoms with Crippen molar-refractivity contribution in [2.45, 2.75) is 32.1 Å². The van der Waals surface area contributed by atoms with Crippen LogP contribution in [0.3, 0.4) is 0 Å². The van der Waals surface area contributed by atoms with E-state index in [0.29, 0.717) is 5.92 Å². The van der Waals surface area contributed by atoms with Crippen LogP contribution in [0.2, 0.25) is 0 Å². The van der Waals surface area contributed by atoms with Crippen molar-refractivity contribution >= 4 is 0 Å².